The fourth-order valence-electron chi connectivity index (χ4n) is 1.62. The second-order valence-electron chi connectivity index (χ2n) is 3.58. The number of aryl methyl sites for hydroxylation is 2. The smallest absolute Gasteiger partial charge is 0.0963 e. The largest absolute Gasteiger partial charge is 0.381 e. The van der Waals surface area contributed by atoms with Gasteiger partial charge >= 0.3 is 0 Å². The van der Waals surface area contributed by atoms with Crippen molar-refractivity contribution in [3.8, 4) is 0 Å². The zero-order chi connectivity index (χ0) is 9.26. The number of thiazole rings is 1. The van der Waals surface area contributed by atoms with Crippen LogP contribution in [0.2, 0.25) is 0 Å². The molecule has 1 saturated heterocycles. The molecule has 0 spiro atoms. The van der Waals surface area contributed by atoms with Crippen LogP contribution in [-0.4, -0.2) is 18.2 Å². The highest BCUT2D eigenvalue weighted by atomic mass is 32.1. The molecule has 1 aliphatic rings. The van der Waals surface area contributed by atoms with E-state index in [0.29, 0.717) is 5.92 Å². The molecule has 0 atom stereocenters. The van der Waals surface area contributed by atoms with E-state index in [1.165, 1.54) is 15.6 Å². The summed E-state index contributed by atoms with van der Waals surface area (Å²) >= 11 is 1.85. The van der Waals surface area contributed by atoms with Gasteiger partial charge in [0.05, 0.1) is 10.7 Å². The van der Waals surface area contributed by atoms with E-state index in [1.54, 1.807) is 0 Å². The van der Waals surface area contributed by atoms with Crippen LogP contribution in [0.15, 0.2) is 0 Å². The third kappa shape index (κ3) is 1.92. The highest BCUT2D eigenvalue weighted by Gasteiger charge is 2.19. The van der Waals surface area contributed by atoms with Gasteiger partial charge in [-0.1, -0.05) is 0 Å². The molecular weight excluding hydrogens is 182 g/mol. The summed E-state index contributed by atoms with van der Waals surface area (Å²) < 4.78 is 5.34. The van der Waals surface area contributed by atoms with Crippen LogP contribution in [0.25, 0.3) is 0 Å². The molecule has 1 aromatic heterocycles. The first-order valence-electron chi connectivity index (χ1n) is 4.79. The lowest BCUT2D eigenvalue weighted by atomic mass is 10.0. The third-order valence-electron chi connectivity index (χ3n) is 2.62. The van der Waals surface area contributed by atoms with E-state index in [1.807, 2.05) is 11.3 Å². The van der Waals surface area contributed by atoms with Crippen molar-refractivity contribution in [2.24, 2.45) is 0 Å². The lowest BCUT2D eigenvalue weighted by Gasteiger charge is -2.19. The lowest BCUT2D eigenvalue weighted by molar-refractivity contribution is 0.0852. The molecule has 2 heterocycles. The Kier molecular flexibility index (Phi) is 2.65. The topological polar surface area (TPSA) is 22.1 Å². The van der Waals surface area contributed by atoms with Gasteiger partial charge in [-0.3, -0.25) is 0 Å². The van der Waals surface area contributed by atoms with Crippen molar-refractivity contribution < 1.29 is 4.74 Å². The van der Waals surface area contributed by atoms with Crippen LogP contribution in [0.4, 0.5) is 0 Å². The lowest BCUT2D eigenvalue weighted by Crippen LogP contribution is -2.13. The average molecular weight is 197 g/mol. The van der Waals surface area contributed by atoms with Crippen molar-refractivity contribution in [2.45, 2.75) is 32.6 Å². The van der Waals surface area contributed by atoms with E-state index < -0.39 is 0 Å². The van der Waals surface area contributed by atoms with Crippen LogP contribution >= 0.6 is 11.3 Å². The van der Waals surface area contributed by atoms with Gasteiger partial charge in [0.25, 0.3) is 0 Å². The highest BCUT2D eigenvalue weighted by molar-refractivity contribution is 7.11. The van der Waals surface area contributed by atoms with Gasteiger partial charge in [0, 0.05) is 24.0 Å². The predicted octanol–water partition coefficient (Wildman–Crippen LogP) is 2.65. The Hall–Kier alpha value is -0.410. The monoisotopic (exact) mass is 197 g/mol. The Morgan fingerprint density at radius 1 is 1.31 bits per heavy atom. The molecule has 2 rings (SSSR count). The molecule has 0 amide bonds. The van der Waals surface area contributed by atoms with Gasteiger partial charge < -0.3 is 4.74 Å². The molecular formula is C10H15NOS. The molecule has 0 N–H and O–H groups in total. The second-order valence-corrected chi connectivity index (χ2v) is 4.82. The van der Waals surface area contributed by atoms with Crippen LogP contribution in [0.3, 0.4) is 0 Å². The Morgan fingerprint density at radius 2 is 2.00 bits per heavy atom. The van der Waals surface area contributed by atoms with Crippen LogP contribution < -0.4 is 0 Å². The molecule has 0 bridgehead atoms. The summed E-state index contributed by atoms with van der Waals surface area (Å²) in [7, 11) is 0. The molecule has 13 heavy (non-hydrogen) atoms. The summed E-state index contributed by atoms with van der Waals surface area (Å²) in [5, 5.41) is 1.32. The minimum atomic E-state index is 0.658. The van der Waals surface area contributed by atoms with Crippen LogP contribution in [-0.2, 0) is 4.74 Å². The van der Waals surface area contributed by atoms with Gasteiger partial charge in [-0.2, -0.15) is 0 Å². The summed E-state index contributed by atoms with van der Waals surface area (Å²) in [6, 6.07) is 0. The zero-order valence-electron chi connectivity index (χ0n) is 8.17. The number of hydrogen-bond donors (Lipinski definition) is 0. The van der Waals surface area contributed by atoms with Crippen molar-refractivity contribution in [1.82, 2.24) is 4.98 Å². The van der Waals surface area contributed by atoms with E-state index in [-0.39, 0.29) is 0 Å². The Balaban J connectivity index is 2.14. The first-order chi connectivity index (χ1) is 6.27. The second kappa shape index (κ2) is 3.76. The first kappa shape index (κ1) is 9.16. The van der Waals surface area contributed by atoms with Crippen molar-refractivity contribution >= 4 is 11.3 Å². The maximum atomic E-state index is 5.34. The van der Waals surface area contributed by atoms with Gasteiger partial charge in [0.2, 0.25) is 0 Å². The summed E-state index contributed by atoms with van der Waals surface area (Å²) in [6.07, 6.45) is 2.29. The normalized spacial score (nSPS) is 19.2. The molecule has 3 heteroatoms. The summed E-state index contributed by atoms with van der Waals surface area (Å²) in [5.41, 5.74) is 1.20. The Labute approximate surface area is 83.0 Å². The van der Waals surface area contributed by atoms with E-state index in [9.17, 15) is 0 Å². The fourth-order valence-corrected chi connectivity index (χ4v) is 2.71. The molecule has 1 aromatic rings. The van der Waals surface area contributed by atoms with Crippen molar-refractivity contribution in [1.29, 1.82) is 0 Å². The summed E-state index contributed by atoms with van der Waals surface area (Å²) in [5.74, 6) is 0.658. The molecule has 0 aliphatic carbocycles. The maximum Gasteiger partial charge on any atom is 0.0963 e. The predicted molar refractivity (Wildman–Crippen MR) is 54.4 cm³/mol. The van der Waals surface area contributed by atoms with Crippen LogP contribution in [0.1, 0.15) is 34.3 Å². The van der Waals surface area contributed by atoms with Gasteiger partial charge in [-0.15, -0.1) is 11.3 Å². The molecule has 0 aromatic carbocycles. The Bertz CT molecular complexity index is 270. The van der Waals surface area contributed by atoms with Gasteiger partial charge in [-0.05, 0) is 26.7 Å². The highest BCUT2D eigenvalue weighted by Crippen LogP contribution is 2.31. The van der Waals surface area contributed by atoms with Crippen LogP contribution in [0, 0.1) is 13.8 Å². The molecule has 0 unspecified atom stereocenters. The van der Waals surface area contributed by atoms with E-state index in [0.717, 1.165) is 26.1 Å². The standard InChI is InChI=1S/C10H15NOS/c1-7-8(2)13-10(11-7)9-3-5-12-6-4-9/h9H,3-6H2,1-2H3. The van der Waals surface area contributed by atoms with Crippen molar-refractivity contribution in [3.05, 3.63) is 15.6 Å². The van der Waals surface area contributed by atoms with E-state index in [2.05, 4.69) is 18.8 Å². The number of aromatic nitrogens is 1. The van der Waals surface area contributed by atoms with Crippen molar-refractivity contribution in [2.75, 3.05) is 13.2 Å². The number of hydrogen-bond acceptors (Lipinski definition) is 3. The number of nitrogens with zero attached hydrogens (tertiary/aromatic N) is 1. The summed E-state index contributed by atoms with van der Waals surface area (Å²) in [4.78, 5) is 5.96. The van der Waals surface area contributed by atoms with Gasteiger partial charge in [0.1, 0.15) is 0 Å². The van der Waals surface area contributed by atoms with E-state index in [4.69, 9.17) is 4.74 Å². The third-order valence-corrected chi connectivity index (χ3v) is 3.85. The van der Waals surface area contributed by atoms with Crippen LogP contribution in [0.5, 0.6) is 0 Å². The minimum Gasteiger partial charge on any atom is -0.381 e. The average Bonchev–Trinajstić information content (AvgIpc) is 2.49. The van der Waals surface area contributed by atoms with Gasteiger partial charge in [-0.25, -0.2) is 4.98 Å². The fraction of sp³-hybridized carbons (Fsp3) is 0.700. The van der Waals surface area contributed by atoms with E-state index >= 15 is 0 Å². The maximum absolute atomic E-state index is 5.34. The number of rotatable bonds is 1. The molecule has 0 radical (unpaired) electrons. The SMILES string of the molecule is Cc1nc(C2CCOCC2)sc1C. The molecule has 1 aliphatic heterocycles. The Morgan fingerprint density at radius 3 is 2.54 bits per heavy atom. The molecule has 2 nitrogen and oxygen atoms in total. The molecule has 0 saturated carbocycles. The summed E-state index contributed by atoms with van der Waals surface area (Å²) in [6.45, 7) is 6.05. The minimum absolute atomic E-state index is 0.658. The quantitative estimate of drug-likeness (QED) is 0.690. The number of ether oxygens (including phenoxy) is 1. The van der Waals surface area contributed by atoms with Gasteiger partial charge in [0.15, 0.2) is 0 Å². The first-order valence-corrected chi connectivity index (χ1v) is 5.60. The van der Waals surface area contributed by atoms with Crippen molar-refractivity contribution in [3.63, 3.8) is 0 Å². The molecule has 72 valence electrons. The zero-order valence-corrected chi connectivity index (χ0v) is 8.99. The molecule has 1 fully saturated rings.